The summed E-state index contributed by atoms with van der Waals surface area (Å²) in [4.78, 5) is 0. The lowest BCUT2D eigenvalue weighted by atomic mass is 10.2. The van der Waals surface area contributed by atoms with Crippen molar-refractivity contribution in [3.8, 4) is 0 Å². The minimum Gasteiger partial charge on any atom is -0.313 e. The van der Waals surface area contributed by atoms with Crippen LogP contribution in [0.25, 0.3) is 0 Å². The molecule has 0 amide bonds. The number of alkyl halides is 3. The van der Waals surface area contributed by atoms with Gasteiger partial charge in [-0.25, -0.2) is 4.39 Å². The summed E-state index contributed by atoms with van der Waals surface area (Å²) in [5, 5.41) is 3.15. The van der Waals surface area contributed by atoms with Gasteiger partial charge in [-0.2, -0.15) is 13.2 Å². The van der Waals surface area contributed by atoms with Crippen LogP contribution in [0.5, 0.6) is 0 Å². The second-order valence-electron chi connectivity index (χ2n) is 3.63. The molecule has 0 saturated carbocycles. The predicted octanol–water partition coefficient (Wildman–Crippen LogP) is 3.91. The zero-order chi connectivity index (χ0) is 12.9. The zero-order valence-corrected chi connectivity index (χ0v) is 9.71. The van der Waals surface area contributed by atoms with E-state index in [0.717, 1.165) is 0 Å². The molecule has 0 radical (unpaired) electrons. The minimum absolute atomic E-state index is 0.0221. The van der Waals surface area contributed by atoms with Gasteiger partial charge in [-0.1, -0.05) is 11.6 Å². The quantitative estimate of drug-likeness (QED) is 0.631. The standard InChI is InChI=1S/C11H12ClF4N/c12-9-2-3-10(13)8(6-9)7-17-5-1-4-11(14,15)16/h2-3,6,17H,1,4-5,7H2. The summed E-state index contributed by atoms with van der Waals surface area (Å²) < 4.78 is 48.6. The third-order valence-electron chi connectivity index (χ3n) is 2.14. The molecule has 0 heterocycles. The molecule has 0 aliphatic rings. The number of benzene rings is 1. The van der Waals surface area contributed by atoms with Crippen LogP contribution in [0.3, 0.4) is 0 Å². The minimum atomic E-state index is -4.14. The summed E-state index contributed by atoms with van der Waals surface area (Å²) in [6.07, 6.45) is -4.99. The van der Waals surface area contributed by atoms with Gasteiger partial charge in [0.2, 0.25) is 0 Å². The van der Waals surface area contributed by atoms with Crippen LogP contribution in [0.15, 0.2) is 18.2 Å². The highest BCUT2D eigenvalue weighted by molar-refractivity contribution is 6.30. The number of hydrogen-bond donors (Lipinski definition) is 1. The van der Waals surface area contributed by atoms with Crippen LogP contribution in [-0.4, -0.2) is 12.7 Å². The molecule has 0 bridgehead atoms. The van der Waals surface area contributed by atoms with E-state index >= 15 is 0 Å². The van der Waals surface area contributed by atoms with Gasteiger partial charge in [-0.15, -0.1) is 0 Å². The van der Waals surface area contributed by atoms with Crippen LogP contribution < -0.4 is 5.32 Å². The fraction of sp³-hybridized carbons (Fsp3) is 0.455. The molecule has 6 heteroatoms. The maximum absolute atomic E-state index is 13.2. The van der Waals surface area contributed by atoms with Crippen LogP contribution in [0.4, 0.5) is 17.6 Å². The van der Waals surface area contributed by atoms with Crippen molar-refractivity contribution in [1.82, 2.24) is 5.32 Å². The van der Waals surface area contributed by atoms with E-state index in [1.807, 2.05) is 0 Å². The van der Waals surface area contributed by atoms with Crippen molar-refractivity contribution in [3.63, 3.8) is 0 Å². The Hall–Kier alpha value is -0.810. The molecule has 1 N–H and O–H groups in total. The molecule has 0 aliphatic carbocycles. The summed E-state index contributed by atoms with van der Waals surface area (Å²) in [7, 11) is 0. The first-order chi connectivity index (χ1) is 7.88. The normalized spacial score (nSPS) is 11.8. The third kappa shape index (κ3) is 5.89. The van der Waals surface area contributed by atoms with Gasteiger partial charge in [0, 0.05) is 23.6 Å². The van der Waals surface area contributed by atoms with Gasteiger partial charge in [0.25, 0.3) is 0 Å². The van der Waals surface area contributed by atoms with E-state index < -0.39 is 18.4 Å². The molecular weight excluding hydrogens is 258 g/mol. The van der Waals surface area contributed by atoms with E-state index in [9.17, 15) is 17.6 Å². The summed E-state index contributed by atoms with van der Waals surface area (Å²) in [5.74, 6) is -0.419. The molecule has 1 aromatic carbocycles. The van der Waals surface area contributed by atoms with Gasteiger partial charge in [0.1, 0.15) is 5.82 Å². The lowest BCUT2D eigenvalue weighted by Crippen LogP contribution is -2.18. The number of hydrogen-bond acceptors (Lipinski definition) is 1. The van der Waals surface area contributed by atoms with Crippen molar-refractivity contribution in [1.29, 1.82) is 0 Å². The van der Waals surface area contributed by atoms with Crippen molar-refractivity contribution >= 4 is 11.6 Å². The predicted molar refractivity (Wildman–Crippen MR) is 58.4 cm³/mol. The van der Waals surface area contributed by atoms with Crippen LogP contribution in [0, 0.1) is 5.82 Å². The lowest BCUT2D eigenvalue weighted by Gasteiger charge is -2.08. The number of nitrogens with one attached hydrogen (secondary N) is 1. The Bertz CT molecular complexity index is 365. The van der Waals surface area contributed by atoms with Crippen molar-refractivity contribution in [2.45, 2.75) is 25.6 Å². The molecule has 0 aliphatic heterocycles. The molecule has 1 rings (SSSR count). The zero-order valence-electron chi connectivity index (χ0n) is 8.95. The van der Waals surface area contributed by atoms with Crippen molar-refractivity contribution in [3.05, 3.63) is 34.6 Å². The third-order valence-corrected chi connectivity index (χ3v) is 2.37. The van der Waals surface area contributed by atoms with E-state index in [4.69, 9.17) is 11.6 Å². The van der Waals surface area contributed by atoms with Crippen LogP contribution >= 0.6 is 11.6 Å². The summed E-state index contributed by atoms with van der Waals surface area (Å²) >= 11 is 5.67. The molecule has 17 heavy (non-hydrogen) atoms. The van der Waals surface area contributed by atoms with Crippen LogP contribution in [0.2, 0.25) is 5.02 Å². The second-order valence-corrected chi connectivity index (χ2v) is 4.07. The average molecular weight is 270 g/mol. The van der Waals surface area contributed by atoms with Crippen molar-refractivity contribution in [2.75, 3.05) is 6.54 Å². The van der Waals surface area contributed by atoms with E-state index in [1.54, 1.807) is 0 Å². The topological polar surface area (TPSA) is 12.0 Å². The Morgan fingerprint density at radius 3 is 2.59 bits per heavy atom. The molecule has 0 saturated heterocycles. The molecule has 0 fully saturated rings. The maximum Gasteiger partial charge on any atom is 0.389 e. The first kappa shape index (κ1) is 14.3. The summed E-state index contributed by atoms with van der Waals surface area (Å²) in [6, 6.07) is 4.10. The first-order valence-corrected chi connectivity index (χ1v) is 5.48. The molecule has 0 atom stereocenters. The van der Waals surface area contributed by atoms with Crippen molar-refractivity contribution < 1.29 is 17.6 Å². The average Bonchev–Trinajstić information content (AvgIpc) is 2.21. The SMILES string of the molecule is Fc1ccc(Cl)cc1CNCCCC(F)(F)F. The highest BCUT2D eigenvalue weighted by atomic mass is 35.5. The van der Waals surface area contributed by atoms with E-state index in [0.29, 0.717) is 10.6 Å². The smallest absolute Gasteiger partial charge is 0.313 e. The lowest BCUT2D eigenvalue weighted by molar-refractivity contribution is -0.135. The number of rotatable bonds is 5. The van der Waals surface area contributed by atoms with Gasteiger partial charge in [0.15, 0.2) is 0 Å². The monoisotopic (exact) mass is 269 g/mol. The van der Waals surface area contributed by atoms with E-state index in [-0.39, 0.29) is 19.5 Å². The molecule has 1 nitrogen and oxygen atoms in total. The molecule has 96 valence electrons. The van der Waals surface area contributed by atoms with Gasteiger partial charge in [-0.05, 0) is 31.2 Å². The second kappa shape index (κ2) is 6.21. The van der Waals surface area contributed by atoms with E-state index in [1.165, 1.54) is 18.2 Å². The summed E-state index contributed by atoms with van der Waals surface area (Å²) in [6.45, 7) is 0.357. The first-order valence-electron chi connectivity index (χ1n) is 5.10. The largest absolute Gasteiger partial charge is 0.389 e. The Labute approximate surface area is 102 Å². The fourth-order valence-electron chi connectivity index (χ4n) is 1.32. The molecule has 1 aromatic rings. The van der Waals surface area contributed by atoms with Gasteiger partial charge in [-0.3, -0.25) is 0 Å². The van der Waals surface area contributed by atoms with Gasteiger partial charge in [0.05, 0.1) is 0 Å². The van der Waals surface area contributed by atoms with Crippen LogP contribution in [0.1, 0.15) is 18.4 Å². The Morgan fingerprint density at radius 2 is 1.94 bits per heavy atom. The van der Waals surface area contributed by atoms with Gasteiger partial charge >= 0.3 is 6.18 Å². The molecule has 0 aromatic heterocycles. The number of halogens is 5. The van der Waals surface area contributed by atoms with Gasteiger partial charge < -0.3 is 5.32 Å². The Morgan fingerprint density at radius 1 is 1.24 bits per heavy atom. The fourth-order valence-corrected chi connectivity index (χ4v) is 1.51. The van der Waals surface area contributed by atoms with E-state index in [2.05, 4.69) is 5.32 Å². The highest BCUT2D eigenvalue weighted by Gasteiger charge is 2.25. The maximum atomic E-state index is 13.2. The van der Waals surface area contributed by atoms with Crippen LogP contribution in [-0.2, 0) is 6.54 Å². The Kier molecular flexibility index (Phi) is 5.21. The molecule has 0 unspecified atom stereocenters. The molecular formula is C11H12ClF4N. The summed E-state index contributed by atoms with van der Waals surface area (Å²) in [5.41, 5.74) is 0.351. The Balaban J connectivity index is 2.29. The van der Waals surface area contributed by atoms with Crippen molar-refractivity contribution in [2.24, 2.45) is 0 Å². The highest BCUT2D eigenvalue weighted by Crippen LogP contribution is 2.20. The molecule has 0 spiro atoms.